The van der Waals surface area contributed by atoms with E-state index < -0.39 is 0 Å². The van der Waals surface area contributed by atoms with Gasteiger partial charge in [-0.2, -0.15) is 0 Å². The van der Waals surface area contributed by atoms with Crippen LogP contribution in [0.25, 0.3) is 0 Å². The van der Waals surface area contributed by atoms with Gasteiger partial charge in [0.2, 0.25) is 0 Å². The standard InChI is InChI=1S/C12H15/c1-2-4-6-8-10-12-11-9-7-5-3-1/h1-6,9,11-12H,7-8,10H2/b2-1+,5-3-,6-4-,12-11-. The highest BCUT2D eigenvalue weighted by atomic mass is 13.9. The van der Waals surface area contributed by atoms with E-state index in [1.54, 1.807) is 0 Å². The van der Waals surface area contributed by atoms with E-state index in [4.69, 9.17) is 0 Å². The molecule has 1 rings (SSSR count). The topological polar surface area (TPSA) is 0 Å². The van der Waals surface area contributed by atoms with Crippen LogP contribution in [-0.4, -0.2) is 0 Å². The summed E-state index contributed by atoms with van der Waals surface area (Å²) in [5.74, 6) is 0. The summed E-state index contributed by atoms with van der Waals surface area (Å²) in [5, 5.41) is 0. The molecule has 12 heavy (non-hydrogen) atoms. The lowest BCUT2D eigenvalue weighted by Crippen LogP contribution is -1.69. The van der Waals surface area contributed by atoms with Crippen molar-refractivity contribution in [3.63, 3.8) is 0 Å². The summed E-state index contributed by atoms with van der Waals surface area (Å²) in [6.07, 6.45) is 22.5. The van der Waals surface area contributed by atoms with Crippen LogP contribution < -0.4 is 0 Å². The van der Waals surface area contributed by atoms with Gasteiger partial charge in [-0.15, -0.1) is 0 Å². The molecule has 0 amide bonds. The fraction of sp³-hybridized carbons (Fsp3) is 0.250. The summed E-state index contributed by atoms with van der Waals surface area (Å²) >= 11 is 0. The minimum Gasteiger partial charge on any atom is -0.0879 e. The summed E-state index contributed by atoms with van der Waals surface area (Å²) in [7, 11) is 0. The molecule has 0 aromatic rings. The van der Waals surface area contributed by atoms with E-state index in [1.807, 2.05) is 0 Å². The Labute approximate surface area is 75.0 Å². The maximum atomic E-state index is 2.21. The summed E-state index contributed by atoms with van der Waals surface area (Å²) < 4.78 is 0. The maximum absolute atomic E-state index is 2.21. The summed E-state index contributed by atoms with van der Waals surface area (Å²) in [5.41, 5.74) is 0. The van der Waals surface area contributed by atoms with Gasteiger partial charge >= 0.3 is 0 Å². The molecule has 1 aliphatic carbocycles. The molecule has 0 aromatic heterocycles. The smallest absolute Gasteiger partial charge is 0.0133 e. The SMILES string of the molecule is [CH]1/C=C\CC\C=C/C=C/C=C\C1. The molecule has 0 spiro atoms. The van der Waals surface area contributed by atoms with Crippen LogP contribution in [0.5, 0.6) is 0 Å². The highest BCUT2D eigenvalue weighted by molar-refractivity contribution is 5.13. The van der Waals surface area contributed by atoms with E-state index in [9.17, 15) is 0 Å². The first-order chi connectivity index (χ1) is 6.00. The van der Waals surface area contributed by atoms with Crippen molar-refractivity contribution in [3.05, 3.63) is 55.0 Å². The molecule has 0 saturated heterocycles. The Kier molecular flexibility index (Phi) is 5.02. The molecule has 1 aliphatic rings. The molecule has 0 fully saturated rings. The zero-order valence-electron chi connectivity index (χ0n) is 7.32. The van der Waals surface area contributed by atoms with Crippen LogP contribution in [0.15, 0.2) is 48.6 Å². The van der Waals surface area contributed by atoms with Gasteiger partial charge in [-0.05, 0) is 25.7 Å². The lowest BCUT2D eigenvalue weighted by molar-refractivity contribution is 1.05. The van der Waals surface area contributed by atoms with E-state index in [0.717, 1.165) is 19.3 Å². The van der Waals surface area contributed by atoms with Crippen LogP contribution in [0.2, 0.25) is 0 Å². The molecule has 0 N–H and O–H groups in total. The first-order valence-electron chi connectivity index (χ1n) is 4.47. The van der Waals surface area contributed by atoms with Crippen LogP contribution in [0.3, 0.4) is 0 Å². The Bertz CT molecular complexity index is 182. The first-order valence-corrected chi connectivity index (χ1v) is 4.47. The molecular formula is C12H15. The number of hydrogen-bond donors (Lipinski definition) is 0. The molecule has 0 saturated carbocycles. The van der Waals surface area contributed by atoms with Crippen LogP contribution in [0.1, 0.15) is 19.3 Å². The fourth-order valence-electron chi connectivity index (χ4n) is 1.00. The van der Waals surface area contributed by atoms with E-state index in [0.29, 0.717) is 0 Å². The molecule has 0 heteroatoms. The van der Waals surface area contributed by atoms with Crippen molar-refractivity contribution in [2.45, 2.75) is 19.3 Å². The molecule has 63 valence electrons. The van der Waals surface area contributed by atoms with Gasteiger partial charge < -0.3 is 0 Å². The second-order valence-corrected chi connectivity index (χ2v) is 2.72. The summed E-state index contributed by atoms with van der Waals surface area (Å²) in [4.78, 5) is 0. The van der Waals surface area contributed by atoms with Crippen molar-refractivity contribution in [2.75, 3.05) is 0 Å². The molecule has 0 unspecified atom stereocenters. The van der Waals surface area contributed by atoms with Crippen molar-refractivity contribution >= 4 is 0 Å². The predicted molar refractivity (Wildman–Crippen MR) is 54.7 cm³/mol. The summed E-state index contributed by atoms with van der Waals surface area (Å²) in [6, 6.07) is 0. The zero-order chi connectivity index (χ0) is 8.49. The first kappa shape index (κ1) is 9.05. The van der Waals surface area contributed by atoms with Crippen molar-refractivity contribution < 1.29 is 0 Å². The second kappa shape index (κ2) is 6.66. The normalized spacial score (nSPS) is 29.3. The highest BCUT2D eigenvalue weighted by Gasteiger charge is 1.79. The Morgan fingerprint density at radius 3 is 2.08 bits per heavy atom. The monoisotopic (exact) mass is 159 g/mol. The molecular weight excluding hydrogens is 144 g/mol. The second-order valence-electron chi connectivity index (χ2n) is 2.72. The van der Waals surface area contributed by atoms with E-state index in [1.165, 1.54) is 0 Å². The third kappa shape index (κ3) is 4.73. The molecule has 0 nitrogen and oxygen atoms in total. The number of allylic oxidation sites excluding steroid dienone is 8. The zero-order valence-corrected chi connectivity index (χ0v) is 7.32. The van der Waals surface area contributed by atoms with Crippen molar-refractivity contribution in [3.8, 4) is 0 Å². The lowest BCUT2D eigenvalue weighted by atomic mass is 10.2. The molecule has 1 radical (unpaired) electrons. The quantitative estimate of drug-likeness (QED) is 0.506. The molecule has 0 aromatic carbocycles. The number of hydrogen-bond acceptors (Lipinski definition) is 0. The van der Waals surface area contributed by atoms with Crippen molar-refractivity contribution in [1.29, 1.82) is 0 Å². The van der Waals surface area contributed by atoms with Gasteiger partial charge in [0.25, 0.3) is 0 Å². The molecule has 0 heterocycles. The van der Waals surface area contributed by atoms with E-state index in [-0.39, 0.29) is 0 Å². The van der Waals surface area contributed by atoms with Gasteiger partial charge in [0.15, 0.2) is 0 Å². The minimum absolute atomic E-state index is 1.03. The molecule has 0 atom stereocenters. The van der Waals surface area contributed by atoms with Gasteiger partial charge in [0.1, 0.15) is 0 Å². The molecule has 0 bridgehead atoms. The van der Waals surface area contributed by atoms with E-state index >= 15 is 0 Å². The van der Waals surface area contributed by atoms with Crippen LogP contribution in [0.4, 0.5) is 0 Å². The summed E-state index contributed by atoms with van der Waals surface area (Å²) in [6.45, 7) is 0. The highest BCUT2D eigenvalue weighted by Crippen LogP contribution is 1.98. The third-order valence-electron chi connectivity index (χ3n) is 1.65. The number of rotatable bonds is 0. The van der Waals surface area contributed by atoms with Crippen LogP contribution in [-0.2, 0) is 0 Å². The average molecular weight is 159 g/mol. The van der Waals surface area contributed by atoms with Crippen LogP contribution in [0, 0.1) is 6.42 Å². The van der Waals surface area contributed by atoms with Gasteiger partial charge in [-0.25, -0.2) is 0 Å². The predicted octanol–water partition coefficient (Wildman–Crippen LogP) is 3.60. The Morgan fingerprint density at radius 1 is 0.583 bits per heavy atom. The van der Waals surface area contributed by atoms with Gasteiger partial charge in [-0.1, -0.05) is 48.6 Å². The van der Waals surface area contributed by atoms with Crippen molar-refractivity contribution in [2.24, 2.45) is 0 Å². The van der Waals surface area contributed by atoms with Crippen LogP contribution >= 0.6 is 0 Å². The molecule has 0 aliphatic heterocycles. The van der Waals surface area contributed by atoms with Gasteiger partial charge in [0.05, 0.1) is 0 Å². The van der Waals surface area contributed by atoms with Gasteiger partial charge in [0, 0.05) is 0 Å². The van der Waals surface area contributed by atoms with Gasteiger partial charge in [-0.3, -0.25) is 0 Å². The maximum Gasteiger partial charge on any atom is -0.0133 e. The Morgan fingerprint density at radius 2 is 1.25 bits per heavy atom. The Balaban J connectivity index is 2.42. The average Bonchev–Trinajstić information content (AvgIpc) is 2.05. The Hall–Kier alpha value is -1.04. The largest absolute Gasteiger partial charge is 0.0879 e. The third-order valence-corrected chi connectivity index (χ3v) is 1.65. The van der Waals surface area contributed by atoms with Crippen molar-refractivity contribution in [1.82, 2.24) is 0 Å². The minimum atomic E-state index is 1.03. The fourth-order valence-corrected chi connectivity index (χ4v) is 1.00. The lowest BCUT2D eigenvalue weighted by Gasteiger charge is -1.88. The van der Waals surface area contributed by atoms with E-state index in [2.05, 4.69) is 55.0 Å².